The predicted molar refractivity (Wildman–Crippen MR) is 77.3 cm³/mol. The summed E-state index contributed by atoms with van der Waals surface area (Å²) >= 11 is 1.36. The molecule has 6 nitrogen and oxygen atoms in total. The fraction of sp³-hybridized carbons (Fsp3) is 0.385. The van der Waals surface area contributed by atoms with E-state index in [9.17, 15) is 14.7 Å². The van der Waals surface area contributed by atoms with E-state index < -0.39 is 24.5 Å². The van der Waals surface area contributed by atoms with Crippen molar-refractivity contribution in [3.63, 3.8) is 0 Å². The molecule has 0 spiro atoms. The summed E-state index contributed by atoms with van der Waals surface area (Å²) in [6.45, 7) is -0.503. The highest BCUT2D eigenvalue weighted by Crippen LogP contribution is 2.28. The zero-order valence-electron chi connectivity index (χ0n) is 10.9. The van der Waals surface area contributed by atoms with Gasteiger partial charge in [0.05, 0.1) is 17.9 Å². The highest BCUT2D eigenvalue weighted by Gasteiger charge is 2.18. The van der Waals surface area contributed by atoms with E-state index in [1.165, 1.54) is 11.8 Å². The Bertz CT molecular complexity index is 441. The first-order valence-corrected chi connectivity index (χ1v) is 7.12. The second-order valence-electron chi connectivity index (χ2n) is 4.13. The molecule has 2 atom stereocenters. The molecule has 0 heterocycles. The monoisotopic (exact) mass is 298 g/mol. The minimum absolute atomic E-state index is 0.0574. The summed E-state index contributed by atoms with van der Waals surface area (Å²) in [4.78, 5) is 21.8. The molecule has 0 aliphatic rings. The molecule has 0 aliphatic heterocycles. The summed E-state index contributed by atoms with van der Waals surface area (Å²) in [5.74, 6) is -1.33. The van der Waals surface area contributed by atoms with E-state index >= 15 is 0 Å². The molecule has 1 aromatic rings. The Balaban J connectivity index is 2.44. The molecule has 1 amide bonds. The van der Waals surface area contributed by atoms with E-state index in [4.69, 9.17) is 10.8 Å². The molecule has 0 aliphatic carbocycles. The van der Waals surface area contributed by atoms with Gasteiger partial charge in [-0.2, -0.15) is 0 Å². The zero-order chi connectivity index (χ0) is 15.0. The largest absolute Gasteiger partial charge is 0.480 e. The minimum atomic E-state index is -1.12. The van der Waals surface area contributed by atoms with Crippen molar-refractivity contribution < 1.29 is 19.8 Å². The van der Waals surface area contributed by atoms with Crippen LogP contribution in [0, 0.1) is 0 Å². The Labute approximate surface area is 121 Å². The number of carbonyl (C=O) groups is 2. The number of amides is 1. The second-order valence-corrected chi connectivity index (χ2v) is 5.37. The van der Waals surface area contributed by atoms with Gasteiger partial charge < -0.3 is 21.3 Å². The maximum Gasteiger partial charge on any atom is 0.322 e. The number of hydrogen-bond acceptors (Lipinski definition) is 5. The van der Waals surface area contributed by atoms with E-state index in [0.717, 1.165) is 5.56 Å². The van der Waals surface area contributed by atoms with Gasteiger partial charge in [0.1, 0.15) is 6.54 Å². The number of thioether (sulfide) groups is 1. The summed E-state index contributed by atoms with van der Waals surface area (Å²) in [6, 6.07) is 8.61. The second kappa shape index (κ2) is 8.57. The topological polar surface area (TPSA) is 113 Å². The average Bonchev–Trinajstić information content (AvgIpc) is 2.46. The van der Waals surface area contributed by atoms with E-state index in [1.54, 1.807) is 0 Å². The van der Waals surface area contributed by atoms with Crippen LogP contribution in [0.15, 0.2) is 30.3 Å². The van der Waals surface area contributed by atoms with Gasteiger partial charge in [0.15, 0.2) is 0 Å². The number of carboxylic acids is 1. The highest BCUT2D eigenvalue weighted by molar-refractivity contribution is 7.99. The molecule has 1 aromatic carbocycles. The van der Waals surface area contributed by atoms with Gasteiger partial charge in [-0.25, -0.2) is 0 Å². The number of rotatable bonds is 8. The Morgan fingerprint density at radius 1 is 1.30 bits per heavy atom. The van der Waals surface area contributed by atoms with Crippen LogP contribution in [0.4, 0.5) is 0 Å². The fourth-order valence-electron chi connectivity index (χ4n) is 1.51. The summed E-state index contributed by atoms with van der Waals surface area (Å²) in [5.41, 5.74) is 6.63. The van der Waals surface area contributed by atoms with Gasteiger partial charge >= 0.3 is 5.97 Å². The van der Waals surface area contributed by atoms with Crippen molar-refractivity contribution in [3.05, 3.63) is 35.9 Å². The first-order valence-electron chi connectivity index (χ1n) is 6.07. The number of aliphatic hydroxyl groups excluding tert-OH is 1. The third-order valence-corrected chi connectivity index (χ3v) is 3.94. The van der Waals surface area contributed by atoms with Crippen molar-refractivity contribution >= 4 is 23.6 Å². The normalized spacial score (nSPS) is 13.5. The standard InChI is InChI=1S/C13H18N2O4S/c14-10(13(19)15-6-12(17)18)8-20-11(7-16)9-4-2-1-3-5-9/h1-5,10-11,16H,6-8,14H2,(H,15,19)(H,17,18)/t10-,11?/m0/s1. The highest BCUT2D eigenvalue weighted by atomic mass is 32.2. The SMILES string of the molecule is N[C@@H](CSC(CO)c1ccccc1)C(=O)NCC(=O)O. The van der Waals surface area contributed by atoms with Crippen molar-refractivity contribution in [2.24, 2.45) is 5.73 Å². The van der Waals surface area contributed by atoms with Gasteiger partial charge in [0.25, 0.3) is 0 Å². The quantitative estimate of drug-likeness (QED) is 0.536. The first kappa shape index (κ1) is 16.5. The molecule has 20 heavy (non-hydrogen) atoms. The summed E-state index contributed by atoms with van der Waals surface area (Å²) in [7, 11) is 0. The summed E-state index contributed by atoms with van der Waals surface area (Å²) in [6.07, 6.45) is 0. The van der Waals surface area contributed by atoms with Gasteiger partial charge in [0.2, 0.25) is 5.91 Å². The van der Waals surface area contributed by atoms with Crippen LogP contribution in [0.2, 0.25) is 0 Å². The Morgan fingerprint density at radius 2 is 1.95 bits per heavy atom. The van der Waals surface area contributed by atoms with Crippen molar-refractivity contribution in [1.82, 2.24) is 5.32 Å². The summed E-state index contributed by atoms with van der Waals surface area (Å²) < 4.78 is 0. The number of nitrogens with one attached hydrogen (secondary N) is 1. The van der Waals surface area contributed by atoms with Crippen molar-refractivity contribution in [2.75, 3.05) is 18.9 Å². The van der Waals surface area contributed by atoms with Gasteiger partial charge in [-0.15, -0.1) is 11.8 Å². The van der Waals surface area contributed by atoms with Gasteiger partial charge in [0, 0.05) is 5.75 Å². The molecule has 0 radical (unpaired) electrons. The minimum Gasteiger partial charge on any atom is -0.480 e. The van der Waals surface area contributed by atoms with E-state index in [1.807, 2.05) is 30.3 Å². The lowest BCUT2D eigenvalue weighted by Crippen LogP contribution is -2.44. The molecular weight excluding hydrogens is 280 g/mol. The van der Waals surface area contributed by atoms with Crippen LogP contribution in [0.25, 0.3) is 0 Å². The van der Waals surface area contributed by atoms with Crippen LogP contribution in [0.3, 0.4) is 0 Å². The maximum absolute atomic E-state index is 11.5. The number of nitrogens with two attached hydrogens (primary N) is 1. The molecule has 1 unspecified atom stereocenters. The molecule has 110 valence electrons. The van der Waals surface area contributed by atoms with Crippen LogP contribution < -0.4 is 11.1 Å². The average molecular weight is 298 g/mol. The molecular formula is C13H18N2O4S. The van der Waals surface area contributed by atoms with Gasteiger partial charge in [-0.1, -0.05) is 30.3 Å². The van der Waals surface area contributed by atoms with Gasteiger partial charge in [-0.05, 0) is 5.56 Å². The van der Waals surface area contributed by atoms with Crippen molar-refractivity contribution in [3.8, 4) is 0 Å². The third kappa shape index (κ3) is 5.60. The van der Waals surface area contributed by atoms with Crippen LogP contribution >= 0.6 is 11.8 Å². The first-order chi connectivity index (χ1) is 9.54. The molecule has 0 saturated carbocycles. The Kier molecular flexibility index (Phi) is 7.06. The number of hydrogen-bond donors (Lipinski definition) is 4. The zero-order valence-corrected chi connectivity index (χ0v) is 11.7. The number of benzene rings is 1. The van der Waals surface area contributed by atoms with Crippen molar-refractivity contribution in [1.29, 1.82) is 0 Å². The Morgan fingerprint density at radius 3 is 2.50 bits per heavy atom. The molecule has 5 N–H and O–H groups in total. The lowest BCUT2D eigenvalue weighted by atomic mass is 10.2. The van der Waals surface area contributed by atoms with Crippen LogP contribution in [0.5, 0.6) is 0 Å². The van der Waals surface area contributed by atoms with Crippen molar-refractivity contribution in [2.45, 2.75) is 11.3 Å². The maximum atomic E-state index is 11.5. The van der Waals surface area contributed by atoms with Crippen LogP contribution in [0.1, 0.15) is 10.8 Å². The molecule has 0 fully saturated rings. The van der Waals surface area contributed by atoms with E-state index in [-0.39, 0.29) is 11.9 Å². The summed E-state index contributed by atoms with van der Waals surface area (Å²) in [5, 5.41) is 19.9. The van der Waals surface area contributed by atoms with E-state index in [2.05, 4.69) is 5.32 Å². The fourth-order valence-corrected chi connectivity index (χ4v) is 2.56. The molecule has 0 saturated heterocycles. The molecule has 7 heteroatoms. The van der Waals surface area contributed by atoms with Crippen LogP contribution in [-0.4, -0.2) is 47.0 Å². The molecule has 0 bridgehead atoms. The van der Waals surface area contributed by atoms with Gasteiger partial charge in [-0.3, -0.25) is 9.59 Å². The number of aliphatic carboxylic acids is 1. The molecule has 0 aromatic heterocycles. The smallest absolute Gasteiger partial charge is 0.322 e. The number of carbonyl (C=O) groups excluding carboxylic acids is 1. The number of aliphatic hydroxyl groups is 1. The third-order valence-electron chi connectivity index (χ3n) is 2.56. The lowest BCUT2D eigenvalue weighted by Gasteiger charge is -2.17. The Hall–Kier alpha value is -1.57. The lowest BCUT2D eigenvalue weighted by molar-refractivity contribution is -0.138. The molecule has 1 rings (SSSR count). The van der Waals surface area contributed by atoms with E-state index in [0.29, 0.717) is 5.75 Å². The van der Waals surface area contributed by atoms with Crippen LogP contribution in [-0.2, 0) is 9.59 Å². The predicted octanol–water partition coefficient (Wildman–Crippen LogP) is -0.0187. The number of carboxylic acid groups (broad SMARTS) is 1.